The Morgan fingerprint density at radius 3 is 2.67 bits per heavy atom. The molecule has 2 aliphatic heterocycles. The highest BCUT2D eigenvalue weighted by atomic mass is 19.3. The van der Waals surface area contributed by atoms with Crippen LogP contribution in [0.25, 0.3) is 27.6 Å². The second-order valence-corrected chi connectivity index (χ2v) is 9.64. The van der Waals surface area contributed by atoms with Crippen molar-refractivity contribution in [1.82, 2.24) is 20.5 Å². The summed E-state index contributed by atoms with van der Waals surface area (Å²) in [5, 5.41) is 24.0. The number of methoxy groups -OCH3 is 1. The molecule has 2 saturated heterocycles. The molecule has 0 unspecified atom stereocenters. The van der Waals surface area contributed by atoms with Gasteiger partial charge in [-0.25, -0.2) is 8.78 Å². The van der Waals surface area contributed by atoms with E-state index < -0.39 is 23.1 Å². The number of halogens is 2. The van der Waals surface area contributed by atoms with Crippen molar-refractivity contribution in [3.8, 4) is 17.0 Å². The summed E-state index contributed by atoms with van der Waals surface area (Å²) < 4.78 is 35.5. The van der Waals surface area contributed by atoms with Gasteiger partial charge in [-0.15, -0.1) is 5.10 Å². The molecule has 0 spiro atoms. The van der Waals surface area contributed by atoms with E-state index in [0.29, 0.717) is 22.5 Å². The fourth-order valence-electron chi connectivity index (χ4n) is 5.68. The lowest BCUT2D eigenvalue weighted by atomic mass is 9.73. The van der Waals surface area contributed by atoms with E-state index in [1.54, 1.807) is 51.6 Å². The van der Waals surface area contributed by atoms with Gasteiger partial charge in [-0.05, 0) is 61.6 Å². The van der Waals surface area contributed by atoms with Gasteiger partial charge in [-0.3, -0.25) is 10.3 Å². The molecule has 1 aromatic carbocycles. The minimum Gasteiger partial charge on any atom is -0.507 e. The maximum Gasteiger partial charge on any atom is 0.267 e. The number of aromatic hydroxyl groups is 1. The van der Waals surface area contributed by atoms with E-state index in [-0.39, 0.29) is 24.5 Å². The Morgan fingerprint density at radius 2 is 1.97 bits per heavy atom. The quantitative estimate of drug-likeness (QED) is 0.603. The van der Waals surface area contributed by atoms with Crippen LogP contribution in [0.2, 0.25) is 0 Å². The number of fused-ring (bicyclic) bond motifs is 3. The third-order valence-electron chi connectivity index (χ3n) is 7.31. The van der Waals surface area contributed by atoms with E-state index in [0.717, 1.165) is 10.8 Å². The molecule has 172 valence electrons. The van der Waals surface area contributed by atoms with Crippen LogP contribution in [0.1, 0.15) is 32.4 Å². The van der Waals surface area contributed by atoms with Crippen molar-refractivity contribution < 1.29 is 18.6 Å². The first kappa shape index (κ1) is 21.9. The highest BCUT2D eigenvalue weighted by Crippen LogP contribution is 2.55. The normalized spacial score (nSPS) is 30.5. The summed E-state index contributed by atoms with van der Waals surface area (Å²) in [6.07, 6.45) is 2.77. The molecule has 2 aromatic heterocycles. The van der Waals surface area contributed by atoms with E-state index in [9.17, 15) is 13.9 Å². The molecule has 0 saturated carbocycles. The molecule has 4 atom stereocenters. The molecule has 6 nitrogen and oxygen atoms in total. The molecule has 0 amide bonds. The number of ether oxygens (including phenoxy) is 1. The Balaban J connectivity index is 1.46. The number of aromatic nitrogens is 3. The van der Waals surface area contributed by atoms with Gasteiger partial charge >= 0.3 is 0 Å². The molecule has 33 heavy (non-hydrogen) atoms. The molecule has 2 fully saturated rings. The van der Waals surface area contributed by atoms with Crippen molar-refractivity contribution in [2.24, 2.45) is 5.92 Å². The van der Waals surface area contributed by atoms with Crippen LogP contribution < -0.4 is 5.32 Å². The van der Waals surface area contributed by atoms with E-state index in [4.69, 9.17) is 4.74 Å². The van der Waals surface area contributed by atoms with Crippen LogP contribution in [0.5, 0.6) is 5.75 Å². The summed E-state index contributed by atoms with van der Waals surface area (Å²) in [7, 11) is 1.55. The van der Waals surface area contributed by atoms with Gasteiger partial charge in [0, 0.05) is 48.3 Å². The van der Waals surface area contributed by atoms with Crippen molar-refractivity contribution in [1.29, 1.82) is 0 Å². The van der Waals surface area contributed by atoms with Crippen molar-refractivity contribution in [2.45, 2.75) is 49.8 Å². The summed E-state index contributed by atoms with van der Waals surface area (Å²) in [4.78, 5) is 4.07. The zero-order valence-electron chi connectivity index (χ0n) is 18.8. The topological polar surface area (TPSA) is 80.2 Å². The zero-order valence-corrected chi connectivity index (χ0v) is 18.8. The van der Waals surface area contributed by atoms with Crippen LogP contribution in [0.15, 0.2) is 49.3 Å². The average molecular weight is 453 g/mol. The molecule has 0 radical (unpaired) electrons. The van der Waals surface area contributed by atoms with Crippen LogP contribution in [-0.2, 0) is 4.74 Å². The number of alkyl halides is 2. The minimum atomic E-state index is -2.85. The Hall–Kier alpha value is -2.97. The summed E-state index contributed by atoms with van der Waals surface area (Å²) in [5.41, 5.74) is -0.0328. The van der Waals surface area contributed by atoms with Crippen LogP contribution in [0, 0.1) is 5.92 Å². The summed E-state index contributed by atoms with van der Waals surface area (Å²) in [5.74, 6) is -3.12. The number of phenolic OH excluding ortho intramolecular Hbond substituents is 1. The van der Waals surface area contributed by atoms with Crippen LogP contribution in [-0.4, -0.2) is 50.5 Å². The number of pyridine rings is 1. The minimum absolute atomic E-state index is 0.0776. The molecule has 8 heteroatoms. The standard InChI is InChI=1S/C25H26F2N4O2/c1-14(18-11-24(3)25(26,27)13-23(2,31-24)22(18)33-4)19-5-6-20(30-29-19)17-9-15-7-8-28-12-16(15)10-21(17)32/h5-10,12,18,22,31-32H,1,11,13H2,2-4H3/t18-,22-,23-,24-/m1/s1. The number of hydrogen-bond donors (Lipinski definition) is 2. The predicted octanol–water partition coefficient (Wildman–Crippen LogP) is 4.59. The van der Waals surface area contributed by atoms with Gasteiger partial charge in [-0.2, -0.15) is 5.10 Å². The highest BCUT2D eigenvalue weighted by molar-refractivity contribution is 5.89. The molecule has 3 aromatic rings. The van der Waals surface area contributed by atoms with Gasteiger partial charge in [-0.1, -0.05) is 6.58 Å². The van der Waals surface area contributed by atoms with Gasteiger partial charge in [0.15, 0.2) is 0 Å². The Labute approximate surface area is 190 Å². The van der Waals surface area contributed by atoms with Gasteiger partial charge in [0.2, 0.25) is 0 Å². The Bertz CT molecular complexity index is 1240. The van der Waals surface area contributed by atoms with Crippen LogP contribution in [0.4, 0.5) is 8.78 Å². The Kier molecular flexibility index (Phi) is 4.81. The number of benzene rings is 1. The largest absolute Gasteiger partial charge is 0.507 e. The lowest BCUT2D eigenvalue weighted by Gasteiger charge is -2.47. The number of nitrogens with one attached hydrogen (secondary N) is 1. The van der Waals surface area contributed by atoms with Gasteiger partial charge in [0.25, 0.3) is 5.92 Å². The van der Waals surface area contributed by atoms with Crippen LogP contribution in [0.3, 0.4) is 0 Å². The third-order valence-corrected chi connectivity index (χ3v) is 7.31. The first-order chi connectivity index (χ1) is 15.6. The van der Waals surface area contributed by atoms with Crippen LogP contribution >= 0.6 is 0 Å². The number of hydrogen-bond acceptors (Lipinski definition) is 6. The van der Waals surface area contributed by atoms with E-state index >= 15 is 0 Å². The average Bonchev–Trinajstić information content (AvgIpc) is 2.92. The second kappa shape index (κ2) is 7.27. The maximum absolute atomic E-state index is 14.9. The first-order valence-electron chi connectivity index (χ1n) is 10.9. The molecule has 4 heterocycles. The Morgan fingerprint density at radius 1 is 1.18 bits per heavy atom. The SMILES string of the molecule is C=C(c1ccc(-c2cc3ccncc3cc2O)nn1)[C@H]1C[C@@]2(C)N[C@](C)(CC2(F)F)[C@@H]1OC. The van der Waals surface area contributed by atoms with Crippen molar-refractivity contribution in [3.63, 3.8) is 0 Å². The number of rotatable bonds is 4. The van der Waals surface area contributed by atoms with Gasteiger partial charge in [0.05, 0.1) is 23.0 Å². The van der Waals surface area contributed by atoms with Crippen molar-refractivity contribution in [3.05, 3.63) is 55.0 Å². The number of phenols is 1. The molecule has 5 rings (SSSR count). The van der Waals surface area contributed by atoms with Crippen molar-refractivity contribution in [2.75, 3.05) is 7.11 Å². The summed E-state index contributed by atoms with van der Waals surface area (Å²) in [6, 6.07) is 8.85. The third kappa shape index (κ3) is 3.31. The van der Waals surface area contributed by atoms with Gasteiger partial charge in [0.1, 0.15) is 5.75 Å². The number of nitrogens with zero attached hydrogens (tertiary/aromatic N) is 3. The zero-order chi connectivity index (χ0) is 23.6. The number of piperidine rings is 1. The molecular weight excluding hydrogens is 426 g/mol. The van der Waals surface area contributed by atoms with Gasteiger partial charge < -0.3 is 9.84 Å². The first-order valence-corrected chi connectivity index (χ1v) is 10.9. The molecule has 2 N–H and O–H groups in total. The molecular formula is C25H26F2N4O2. The predicted molar refractivity (Wildman–Crippen MR) is 122 cm³/mol. The lowest BCUT2D eigenvalue weighted by Crippen LogP contribution is -2.64. The molecule has 2 aliphatic rings. The lowest BCUT2D eigenvalue weighted by molar-refractivity contribution is -0.0653. The summed E-state index contributed by atoms with van der Waals surface area (Å²) >= 11 is 0. The fourth-order valence-corrected chi connectivity index (χ4v) is 5.68. The fraction of sp³-hybridized carbons (Fsp3) is 0.400. The maximum atomic E-state index is 14.9. The van der Waals surface area contributed by atoms with E-state index in [1.165, 1.54) is 0 Å². The summed E-state index contributed by atoms with van der Waals surface area (Å²) in [6.45, 7) is 7.55. The second-order valence-electron chi connectivity index (χ2n) is 9.64. The smallest absolute Gasteiger partial charge is 0.267 e. The molecule has 2 bridgehead atoms. The monoisotopic (exact) mass is 452 g/mol. The van der Waals surface area contributed by atoms with E-state index in [1.807, 2.05) is 12.1 Å². The molecule has 0 aliphatic carbocycles. The van der Waals surface area contributed by atoms with Crippen molar-refractivity contribution >= 4 is 16.3 Å². The van der Waals surface area contributed by atoms with E-state index in [2.05, 4.69) is 27.1 Å². The highest BCUT2D eigenvalue weighted by Gasteiger charge is 2.68.